The van der Waals surface area contributed by atoms with Gasteiger partial charge in [0.25, 0.3) is 0 Å². The van der Waals surface area contributed by atoms with Crippen molar-refractivity contribution in [3.05, 3.63) is 33.2 Å². The molecule has 100 valence electrons. The standard InChI is InChI=1S/C12H12Br2N4O/c1-19-10-5-9(6(13)4-7(10)14)17-11-3-2-8(15)12(16)18-11/h2-5H,15H2,1H3,(H3,16,17,18). The van der Waals surface area contributed by atoms with Crippen molar-refractivity contribution < 1.29 is 4.74 Å². The summed E-state index contributed by atoms with van der Waals surface area (Å²) >= 11 is 6.88. The molecule has 2 rings (SSSR count). The molecule has 1 heterocycles. The Kier molecular flexibility index (Phi) is 4.16. The van der Waals surface area contributed by atoms with E-state index in [9.17, 15) is 0 Å². The Morgan fingerprint density at radius 1 is 1.16 bits per heavy atom. The molecule has 0 unspecified atom stereocenters. The van der Waals surface area contributed by atoms with Crippen LogP contribution < -0.4 is 21.5 Å². The van der Waals surface area contributed by atoms with Crippen molar-refractivity contribution in [1.82, 2.24) is 4.98 Å². The Balaban J connectivity index is 2.34. The van der Waals surface area contributed by atoms with Gasteiger partial charge in [0, 0.05) is 10.5 Å². The average molecular weight is 388 g/mol. The maximum Gasteiger partial charge on any atom is 0.149 e. The number of hydrogen-bond acceptors (Lipinski definition) is 5. The number of nitrogen functional groups attached to an aromatic ring is 2. The third-order valence-corrected chi connectivity index (χ3v) is 3.74. The van der Waals surface area contributed by atoms with Crippen LogP contribution in [-0.2, 0) is 0 Å². The summed E-state index contributed by atoms with van der Waals surface area (Å²) < 4.78 is 6.98. The summed E-state index contributed by atoms with van der Waals surface area (Å²) in [5, 5.41) is 3.15. The van der Waals surface area contributed by atoms with Gasteiger partial charge in [-0.1, -0.05) is 0 Å². The van der Waals surface area contributed by atoms with E-state index in [1.165, 1.54) is 0 Å². The molecule has 7 heteroatoms. The molecule has 1 aromatic heterocycles. The second-order valence-electron chi connectivity index (χ2n) is 3.76. The highest BCUT2D eigenvalue weighted by atomic mass is 79.9. The van der Waals surface area contributed by atoms with Crippen LogP contribution in [0.4, 0.5) is 23.0 Å². The fourth-order valence-corrected chi connectivity index (χ4v) is 2.73. The maximum absolute atomic E-state index is 5.67. The van der Waals surface area contributed by atoms with Gasteiger partial charge in [0.1, 0.15) is 17.4 Å². The van der Waals surface area contributed by atoms with E-state index in [0.717, 1.165) is 14.6 Å². The van der Waals surface area contributed by atoms with Gasteiger partial charge in [0.15, 0.2) is 0 Å². The van der Waals surface area contributed by atoms with Crippen molar-refractivity contribution in [3.8, 4) is 5.75 Å². The fourth-order valence-electron chi connectivity index (χ4n) is 1.47. The van der Waals surface area contributed by atoms with E-state index in [1.807, 2.05) is 12.1 Å². The number of pyridine rings is 1. The number of hydrogen-bond donors (Lipinski definition) is 3. The Bertz CT molecular complexity index is 619. The van der Waals surface area contributed by atoms with Gasteiger partial charge in [0.05, 0.1) is 23.0 Å². The molecule has 0 bridgehead atoms. The summed E-state index contributed by atoms with van der Waals surface area (Å²) in [7, 11) is 1.61. The lowest BCUT2D eigenvalue weighted by molar-refractivity contribution is 0.412. The van der Waals surface area contributed by atoms with E-state index in [0.29, 0.717) is 23.1 Å². The second-order valence-corrected chi connectivity index (χ2v) is 5.47. The van der Waals surface area contributed by atoms with Crippen LogP contribution >= 0.6 is 31.9 Å². The fraction of sp³-hybridized carbons (Fsp3) is 0.0833. The van der Waals surface area contributed by atoms with Gasteiger partial charge in [-0.25, -0.2) is 4.98 Å². The zero-order valence-electron chi connectivity index (χ0n) is 10.1. The van der Waals surface area contributed by atoms with Gasteiger partial charge < -0.3 is 21.5 Å². The highest BCUT2D eigenvalue weighted by molar-refractivity contribution is 9.11. The molecule has 0 fully saturated rings. The summed E-state index contributed by atoms with van der Waals surface area (Å²) in [4.78, 5) is 4.16. The van der Waals surface area contributed by atoms with Crippen molar-refractivity contribution in [1.29, 1.82) is 0 Å². The SMILES string of the molecule is COc1cc(Nc2ccc(N)c(N)n2)c(Br)cc1Br. The van der Waals surface area contributed by atoms with E-state index in [-0.39, 0.29) is 0 Å². The largest absolute Gasteiger partial charge is 0.495 e. The number of methoxy groups -OCH3 is 1. The number of rotatable bonds is 3. The zero-order chi connectivity index (χ0) is 14.0. The molecule has 19 heavy (non-hydrogen) atoms. The molecule has 0 aliphatic carbocycles. The Labute approximate surface area is 127 Å². The summed E-state index contributed by atoms with van der Waals surface area (Å²) in [6.45, 7) is 0. The van der Waals surface area contributed by atoms with Crippen LogP contribution in [0.1, 0.15) is 0 Å². The zero-order valence-corrected chi connectivity index (χ0v) is 13.2. The summed E-state index contributed by atoms with van der Waals surface area (Å²) in [6.07, 6.45) is 0. The second kappa shape index (κ2) is 5.66. The molecule has 0 radical (unpaired) electrons. The summed E-state index contributed by atoms with van der Waals surface area (Å²) in [5.41, 5.74) is 12.6. The first kappa shape index (κ1) is 14.0. The highest BCUT2D eigenvalue weighted by Crippen LogP contribution is 2.35. The van der Waals surface area contributed by atoms with Crippen molar-refractivity contribution in [3.63, 3.8) is 0 Å². The summed E-state index contributed by atoms with van der Waals surface area (Å²) in [6, 6.07) is 7.20. The number of anilines is 4. The number of nitrogens with one attached hydrogen (secondary N) is 1. The van der Waals surface area contributed by atoms with Crippen molar-refractivity contribution in [2.24, 2.45) is 0 Å². The number of halogens is 2. The van der Waals surface area contributed by atoms with Crippen LogP contribution in [0.15, 0.2) is 33.2 Å². The van der Waals surface area contributed by atoms with Crippen LogP contribution in [0.5, 0.6) is 5.75 Å². The molecule has 0 saturated carbocycles. The average Bonchev–Trinajstić information content (AvgIpc) is 2.37. The molecule has 1 aromatic carbocycles. The van der Waals surface area contributed by atoms with E-state index in [2.05, 4.69) is 42.2 Å². The van der Waals surface area contributed by atoms with Crippen molar-refractivity contribution in [2.75, 3.05) is 23.9 Å². The highest BCUT2D eigenvalue weighted by Gasteiger charge is 2.08. The van der Waals surface area contributed by atoms with Crippen molar-refractivity contribution >= 4 is 54.9 Å². The predicted molar refractivity (Wildman–Crippen MR) is 84.7 cm³/mol. The lowest BCUT2D eigenvalue weighted by atomic mass is 10.3. The molecule has 0 aliphatic heterocycles. The van der Waals surface area contributed by atoms with Gasteiger partial charge >= 0.3 is 0 Å². The molecule has 0 atom stereocenters. The molecular weight excluding hydrogens is 376 g/mol. The molecule has 0 spiro atoms. The van der Waals surface area contributed by atoms with Crippen LogP contribution in [0.3, 0.4) is 0 Å². The molecule has 0 aliphatic rings. The Morgan fingerprint density at radius 3 is 2.53 bits per heavy atom. The third kappa shape index (κ3) is 3.10. The first-order chi connectivity index (χ1) is 9.01. The van der Waals surface area contributed by atoms with Crippen LogP contribution in [0, 0.1) is 0 Å². The van der Waals surface area contributed by atoms with E-state index in [4.69, 9.17) is 16.2 Å². The van der Waals surface area contributed by atoms with Gasteiger partial charge in [0.2, 0.25) is 0 Å². The summed E-state index contributed by atoms with van der Waals surface area (Å²) in [5.74, 6) is 1.62. The van der Waals surface area contributed by atoms with E-state index < -0.39 is 0 Å². The molecule has 0 amide bonds. The lowest BCUT2D eigenvalue weighted by Gasteiger charge is -2.12. The first-order valence-corrected chi connectivity index (χ1v) is 6.92. The minimum Gasteiger partial charge on any atom is -0.495 e. The number of benzene rings is 1. The smallest absolute Gasteiger partial charge is 0.149 e. The maximum atomic E-state index is 5.67. The normalized spacial score (nSPS) is 10.3. The lowest BCUT2D eigenvalue weighted by Crippen LogP contribution is -2.01. The number of nitrogens with two attached hydrogens (primary N) is 2. The number of nitrogens with zero attached hydrogens (tertiary/aromatic N) is 1. The first-order valence-electron chi connectivity index (χ1n) is 5.33. The minimum absolute atomic E-state index is 0.296. The predicted octanol–water partition coefficient (Wildman–Crippen LogP) is 3.52. The molecule has 0 saturated heterocycles. The Morgan fingerprint density at radius 2 is 1.89 bits per heavy atom. The van der Waals surface area contributed by atoms with Gasteiger partial charge in [-0.05, 0) is 50.1 Å². The molecule has 2 aromatic rings. The van der Waals surface area contributed by atoms with Gasteiger partial charge in [-0.3, -0.25) is 0 Å². The Hall–Kier alpha value is -1.47. The topological polar surface area (TPSA) is 86.2 Å². The van der Waals surface area contributed by atoms with Gasteiger partial charge in [-0.15, -0.1) is 0 Å². The molecular formula is C12H12Br2N4O. The molecule has 5 nitrogen and oxygen atoms in total. The number of ether oxygens (including phenoxy) is 1. The monoisotopic (exact) mass is 386 g/mol. The quantitative estimate of drug-likeness (QED) is 0.749. The van der Waals surface area contributed by atoms with Crippen LogP contribution in [0.2, 0.25) is 0 Å². The van der Waals surface area contributed by atoms with Crippen LogP contribution in [0.25, 0.3) is 0 Å². The number of aromatic nitrogens is 1. The van der Waals surface area contributed by atoms with E-state index >= 15 is 0 Å². The minimum atomic E-state index is 0.296. The molecule has 5 N–H and O–H groups in total. The third-order valence-electron chi connectivity index (χ3n) is 2.46. The van der Waals surface area contributed by atoms with Crippen LogP contribution in [-0.4, -0.2) is 12.1 Å². The van der Waals surface area contributed by atoms with E-state index in [1.54, 1.807) is 19.2 Å². The van der Waals surface area contributed by atoms with Gasteiger partial charge in [-0.2, -0.15) is 0 Å². The van der Waals surface area contributed by atoms with Crippen molar-refractivity contribution in [2.45, 2.75) is 0 Å².